The van der Waals surface area contributed by atoms with Gasteiger partial charge in [-0.3, -0.25) is 9.59 Å². The van der Waals surface area contributed by atoms with Crippen molar-refractivity contribution in [3.8, 4) is 0 Å². The number of unbranched alkanes of at least 4 members (excludes halogenated alkanes) is 2. The van der Waals surface area contributed by atoms with Gasteiger partial charge in [0, 0.05) is 19.4 Å². The highest BCUT2D eigenvalue weighted by atomic mass is 16.6. The Morgan fingerprint density at radius 3 is 1.91 bits per heavy atom. The van der Waals surface area contributed by atoms with Gasteiger partial charge in [-0.25, -0.2) is 14.4 Å². The molecule has 2 aromatic carbocycles. The van der Waals surface area contributed by atoms with Crippen molar-refractivity contribution in [1.29, 1.82) is 0 Å². The van der Waals surface area contributed by atoms with Gasteiger partial charge in [0.2, 0.25) is 0 Å². The first-order valence-electron chi connectivity index (χ1n) is 15.8. The molecule has 260 valence electrons. The molecule has 0 amide bonds. The second kappa shape index (κ2) is 24.9. The van der Waals surface area contributed by atoms with E-state index in [9.17, 15) is 24.0 Å². The Bertz CT molecular complexity index is 1160. The van der Waals surface area contributed by atoms with Gasteiger partial charge in [-0.1, -0.05) is 67.1 Å². The van der Waals surface area contributed by atoms with Crippen molar-refractivity contribution in [3.05, 3.63) is 71.8 Å². The Labute approximate surface area is 276 Å². The fraction of sp³-hybridized carbons (Fsp3) is 0.514. The summed E-state index contributed by atoms with van der Waals surface area (Å²) in [4.78, 5) is 55.0. The molecule has 12 heteroatoms. The summed E-state index contributed by atoms with van der Waals surface area (Å²) in [5.41, 5.74) is 1.85. The Kier molecular flexibility index (Phi) is 21.6. The number of hydrogen-bond donors (Lipinski definition) is 2. The van der Waals surface area contributed by atoms with Crippen LogP contribution in [0.3, 0.4) is 0 Å². The number of esters is 5. The van der Waals surface area contributed by atoms with Crippen molar-refractivity contribution in [2.24, 2.45) is 0 Å². The van der Waals surface area contributed by atoms with Crippen LogP contribution in [0.15, 0.2) is 60.7 Å². The monoisotopic (exact) mass is 660 g/mol. The van der Waals surface area contributed by atoms with Crippen LogP contribution in [0.2, 0.25) is 0 Å². The third-order valence-electron chi connectivity index (χ3n) is 6.47. The zero-order valence-electron chi connectivity index (χ0n) is 27.5. The number of rotatable bonds is 10. The Morgan fingerprint density at radius 2 is 1.38 bits per heavy atom. The molecule has 0 aliphatic carbocycles. The fourth-order valence-corrected chi connectivity index (χ4v) is 3.73. The standard InChI is InChI=1S/C16H22O5.C7H8O.C6H8O4.C6H10O2/c1-13(21-15(18)10-6-3-7-11-17)16(19)20-12-14-8-4-2-5-9-14;8-6-7-4-2-1-3-5-7;1-3-5(7)10-4(2)6(8)9-3;7-6-4-2-1-3-5-8-6/h2,4-5,8-9,13,17H,3,6-7,10-12H2,1H3;1-5,8H,6H2;3-4H,1-2H3;1-5H2. The van der Waals surface area contributed by atoms with Crippen LogP contribution < -0.4 is 0 Å². The van der Waals surface area contributed by atoms with Gasteiger partial charge >= 0.3 is 29.8 Å². The molecule has 0 bridgehead atoms. The highest BCUT2D eigenvalue weighted by Gasteiger charge is 2.32. The van der Waals surface area contributed by atoms with E-state index in [0.29, 0.717) is 25.9 Å². The molecule has 2 saturated heterocycles. The molecule has 4 rings (SSSR count). The summed E-state index contributed by atoms with van der Waals surface area (Å²) in [7, 11) is 0. The average Bonchev–Trinajstić information content (AvgIpc) is 3.33. The molecule has 12 nitrogen and oxygen atoms in total. The van der Waals surface area contributed by atoms with Crippen LogP contribution in [0.5, 0.6) is 0 Å². The number of benzene rings is 2. The van der Waals surface area contributed by atoms with E-state index in [2.05, 4.69) is 9.47 Å². The topological polar surface area (TPSA) is 172 Å². The Morgan fingerprint density at radius 1 is 0.809 bits per heavy atom. The lowest BCUT2D eigenvalue weighted by Crippen LogP contribution is -2.40. The third kappa shape index (κ3) is 19.7. The molecular formula is C35H48O12. The first kappa shape index (κ1) is 40.7. The van der Waals surface area contributed by atoms with Gasteiger partial charge in [0.15, 0.2) is 18.3 Å². The van der Waals surface area contributed by atoms with Crippen LogP contribution in [0.1, 0.15) is 83.3 Å². The maximum Gasteiger partial charge on any atom is 0.347 e. The number of aliphatic hydroxyl groups is 2. The summed E-state index contributed by atoms with van der Waals surface area (Å²) in [6.07, 6.45) is 3.75. The van der Waals surface area contributed by atoms with Gasteiger partial charge in [-0.05, 0) is 64.0 Å². The molecule has 2 aromatic rings. The maximum atomic E-state index is 11.7. The molecule has 2 aliphatic rings. The van der Waals surface area contributed by atoms with Crippen LogP contribution in [0.25, 0.3) is 0 Å². The molecule has 3 unspecified atom stereocenters. The molecule has 2 aliphatic heterocycles. The zero-order chi connectivity index (χ0) is 34.9. The molecule has 2 N–H and O–H groups in total. The number of carbonyl (C=O) groups excluding carboxylic acids is 5. The number of aliphatic hydroxyl groups excluding tert-OH is 2. The predicted molar refractivity (Wildman–Crippen MR) is 170 cm³/mol. The highest BCUT2D eigenvalue weighted by molar-refractivity contribution is 5.86. The summed E-state index contributed by atoms with van der Waals surface area (Å²) in [6, 6.07) is 18.8. The highest BCUT2D eigenvalue weighted by Crippen LogP contribution is 2.09. The van der Waals surface area contributed by atoms with Crippen LogP contribution >= 0.6 is 0 Å². The van der Waals surface area contributed by atoms with Gasteiger partial charge < -0.3 is 33.9 Å². The van der Waals surface area contributed by atoms with Crippen molar-refractivity contribution in [3.63, 3.8) is 0 Å². The molecule has 0 aromatic heterocycles. The van der Waals surface area contributed by atoms with E-state index >= 15 is 0 Å². The zero-order valence-corrected chi connectivity index (χ0v) is 27.5. The molecule has 47 heavy (non-hydrogen) atoms. The van der Waals surface area contributed by atoms with E-state index in [-0.39, 0.29) is 32.2 Å². The van der Waals surface area contributed by atoms with E-state index in [0.717, 1.165) is 36.8 Å². The second-order valence-corrected chi connectivity index (χ2v) is 10.6. The normalized spacial score (nSPS) is 17.5. The SMILES string of the molecule is CC(OC(=O)CCCCCO)C(=O)OCc1ccccc1.CC1OC(=O)C(C)OC1=O.O=C1CCCCCO1.OCc1ccccc1. The first-order valence-corrected chi connectivity index (χ1v) is 15.8. The van der Waals surface area contributed by atoms with Gasteiger partial charge in [0.05, 0.1) is 13.2 Å². The summed E-state index contributed by atoms with van der Waals surface area (Å²) in [5.74, 6) is -1.96. The lowest BCUT2D eigenvalue weighted by atomic mass is 10.2. The van der Waals surface area contributed by atoms with Crippen molar-refractivity contribution < 1.29 is 57.9 Å². The van der Waals surface area contributed by atoms with E-state index < -0.39 is 42.2 Å². The average molecular weight is 661 g/mol. The van der Waals surface area contributed by atoms with E-state index in [1.807, 2.05) is 60.7 Å². The van der Waals surface area contributed by atoms with Crippen molar-refractivity contribution in [2.45, 2.75) is 104 Å². The minimum atomic E-state index is -0.904. The second-order valence-electron chi connectivity index (χ2n) is 10.6. The smallest absolute Gasteiger partial charge is 0.347 e. The molecule has 0 saturated carbocycles. The van der Waals surface area contributed by atoms with Gasteiger partial charge in [-0.2, -0.15) is 0 Å². The lowest BCUT2D eigenvalue weighted by Gasteiger charge is -2.22. The molecule has 2 fully saturated rings. The minimum absolute atomic E-state index is 0.0255. The largest absolute Gasteiger partial charge is 0.466 e. The Balaban J connectivity index is 0.000000350. The molecule has 0 spiro atoms. The number of cyclic esters (lactones) is 3. The van der Waals surface area contributed by atoms with Crippen LogP contribution in [-0.2, 0) is 60.9 Å². The molecular weight excluding hydrogens is 612 g/mol. The number of hydrogen-bond acceptors (Lipinski definition) is 12. The summed E-state index contributed by atoms with van der Waals surface area (Å²) < 4.78 is 24.0. The Hall–Kier alpha value is -4.29. The van der Waals surface area contributed by atoms with E-state index in [1.165, 1.54) is 20.8 Å². The van der Waals surface area contributed by atoms with Gasteiger partial charge in [0.1, 0.15) is 6.61 Å². The van der Waals surface area contributed by atoms with E-state index in [1.54, 1.807) is 0 Å². The van der Waals surface area contributed by atoms with Gasteiger partial charge in [-0.15, -0.1) is 0 Å². The van der Waals surface area contributed by atoms with Crippen LogP contribution in [-0.4, -0.2) is 71.6 Å². The lowest BCUT2D eigenvalue weighted by molar-refractivity contribution is -0.191. The van der Waals surface area contributed by atoms with Crippen LogP contribution in [0.4, 0.5) is 0 Å². The summed E-state index contributed by atoms with van der Waals surface area (Å²) in [6.45, 7) is 5.52. The fourth-order valence-electron chi connectivity index (χ4n) is 3.73. The van der Waals surface area contributed by atoms with Crippen LogP contribution in [0, 0.1) is 0 Å². The summed E-state index contributed by atoms with van der Waals surface area (Å²) in [5, 5.41) is 17.2. The quantitative estimate of drug-likeness (QED) is 0.210. The first-order chi connectivity index (χ1) is 22.6. The van der Waals surface area contributed by atoms with Crippen molar-refractivity contribution in [2.75, 3.05) is 13.2 Å². The number of ether oxygens (including phenoxy) is 5. The molecule has 3 atom stereocenters. The molecule has 2 heterocycles. The predicted octanol–water partition coefficient (Wildman–Crippen LogP) is 4.36. The van der Waals surface area contributed by atoms with Gasteiger partial charge in [0.25, 0.3) is 0 Å². The van der Waals surface area contributed by atoms with E-state index in [4.69, 9.17) is 24.4 Å². The van der Waals surface area contributed by atoms with Crippen molar-refractivity contribution >= 4 is 29.8 Å². The maximum absolute atomic E-state index is 11.7. The third-order valence-corrected chi connectivity index (χ3v) is 6.47. The minimum Gasteiger partial charge on any atom is -0.466 e. The number of carbonyl (C=O) groups is 5. The van der Waals surface area contributed by atoms with Crippen molar-refractivity contribution in [1.82, 2.24) is 0 Å². The summed E-state index contributed by atoms with van der Waals surface area (Å²) >= 11 is 0. The molecule has 0 radical (unpaired) electrons.